The number of aryl methyl sites for hydroxylation is 1. The fraction of sp³-hybridized carbons (Fsp3) is 0.214. The Kier molecular flexibility index (Phi) is 4.47. The smallest absolute Gasteiger partial charge is 0.224 e. The maximum absolute atomic E-state index is 5.89. The van der Waals surface area contributed by atoms with Crippen LogP contribution in [0.2, 0.25) is 5.28 Å². The molecule has 0 saturated carbocycles. The molecule has 2 aromatic rings. The first-order valence-corrected chi connectivity index (χ1v) is 6.39. The molecule has 1 N–H and O–H groups in total. The topological polar surface area (TPSA) is 50.2 Å². The molecule has 0 aliphatic carbocycles. The van der Waals surface area contributed by atoms with Crippen molar-refractivity contribution >= 4 is 29.3 Å². The van der Waals surface area contributed by atoms with Gasteiger partial charge in [-0.05, 0) is 31.0 Å². The number of hydrogen-bond acceptors (Lipinski definition) is 4. The normalized spacial score (nSPS) is 10.9. The molecule has 0 unspecified atom stereocenters. The second kappa shape index (κ2) is 6.29. The molecule has 98 valence electrons. The monoisotopic (exact) mass is 274 g/mol. The summed E-state index contributed by atoms with van der Waals surface area (Å²) in [5, 5.41) is 3.47. The van der Waals surface area contributed by atoms with Crippen molar-refractivity contribution in [2.45, 2.75) is 20.4 Å². The van der Waals surface area contributed by atoms with Crippen molar-refractivity contribution in [2.75, 3.05) is 5.32 Å². The maximum Gasteiger partial charge on any atom is 0.224 e. The minimum absolute atomic E-state index is 0.225. The van der Waals surface area contributed by atoms with E-state index in [9.17, 15) is 0 Å². The number of halogens is 1. The molecule has 0 spiro atoms. The van der Waals surface area contributed by atoms with Gasteiger partial charge in [-0.2, -0.15) is 4.98 Å². The lowest BCUT2D eigenvalue weighted by molar-refractivity contribution is 1.05. The zero-order chi connectivity index (χ0) is 13.7. The molecular formula is C14H15ClN4. The third-order valence-electron chi connectivity index (χ3n) is 2.59. The van der Waals surface area contributed by atoms with Crippen molar-refractivity contribution in [1.29, 1.82) is 0 Å². The van der Waals surface area contributed by atoms with E-state index in [2.05, 4.69) is 20.3 Å². The molecule has 0 radical (unpaired) electrons. The number of nitrogens with zero attached hydrogens (tertiary/aromatic N) is 3. The highest BCUT2D eigenvalue weighted by Crippen LogP contribution is 2.27. The molecule has 0 bridgehead atoms. The summed E-state index contributed by atoms with van der Waals surface area (Å²) in [5.41, 5.74) is 2.65. The van der Waals surface area contributed by atoms with Gasteiger partial charge in [0.25, 0.3) is 0 Å². The third-order valence-corrected chi connectivity index (χ3v) is 2.76. The fourth-order valence-corrected chi connectivity index (χ4v) is 1.93. The van der Waals surface area contributed by atoms with Crippen LogP contribution in [0.15, 0.2) is 35.3 Å². The lowest BCUT2D eigenvalue weighted by Gasteiger charge is -2.10. The molecule has 1 heterocycles. The summed E-state index contributed by atoms with van der Waals surface area (Å²) in [6.07, 6.45) is 1.72. The highest BCUT2D eigenvalue weighted by Gasteiger charge is 2.09. The molecule has 1 aromatic carbocycles. The Hall–Kier alpha value is -1.94. The molecule has 19 heavy (non-hydrogen) atoms. The number of aromatic nitrogens is 2. The first-order valence-electron chi connectivity index (χ1n) is 6.01. The Morgan fingerprint density at radius 1 is 1.26 bits per heavy atom. The van der Waals surface area contributed by atoms with E-state index in [1.807, 2.05) is 44.2 Å². The number of rotatable bonds is 4. The molecule has 2 rings (SSSR count). The van der Waals surface area contributed by atoms with Crippen molar-refractivity contribution in [3.05, 3.63) is 46.9 Å². The minimum Gasteiger partial charge on any atom is -0.364 e. The Bertz CT molecular complexity index is 581. The molecular weight excluding hydrogens is 260 g/mol. The third kappa shape index (κ3) is 3.51. The average Bonchev–Trinajstić information content (AvgIpc) is 2.41. The first kappa shape index (κ1) is 13.5. The molecule has 0 saturated heterocycles. The zero-order valence-electron chi connectivity index (χ0n) is 10.9. The van der Waals surface area contributed by atoms with Gasteiger partial charge in [0.1, 0.15) is 5.69 Å². The van der Waals surface area contributed by atoms with E-state index >= 15 is 0 Å². The van der Waals surface area contributed by atoms with Crippen LogP contribution in [0, 0.1) is 6.92 Å². The van der Waals surface area contributed by atoms with Crippen LogP contribution in [0.4, 0.5) is 11.5 Å². The SMILES string of the molecule is CC=Nc1c(C)nc(Cl)nc1NCc1ccccc1. The fourth-order valence-electron chi connectivity index (χ4n) is 1.72. The van der Waals surface area contributed by atoms with Crippen LogP contribution in [0.1, 0.15) is 18.2 Å². The first-order chi connectivity index (χ1) is 9.20. The van der Waals surface area contributed by atoms with Gasteiger partial charge in [-0.25, -0.2) is 4.98 Å². The number of hydrogen-bond donors (Lipinski definition) is 1. The summed E-state index contributed by atoms with van der Waals surface area (Å²) in [5.74, 6) is 0.652. The van der Waals surface area contributed by atoms with Crippen LogP contribution in [-0.4, -0.2) is 16.2 Å². The standard InChI is InChI=1S/C14H15ClN4/c1-3-16-12-10(2)18-14(15)19-13(12)17-9-11-7-5-4-6-8-11/h3-8H,9H2,1-2H3,(H,17,18,19). The van der Waals surface area contributed by atoms with Gasteiger partial charge in [-0.15, -0.1) is 0 Å². The van der Waals surface area contributed by atoms with Crippen LogP contribution >= 0.6 is 11.6 Å². The van der Waals surface area contributed by atoms with E-state index < -0.39 is 0 Å². The van der Waals surface area contributed by atoms with Crippen LogP contribution in [0.3, 0.4) is 0 Å². The second-order valence-corrected chi connectivity index (χ2v) is 4.34. The summed E-state index contributed by atoms with van der Waals surface area (Å²) in [7, 11) is 0. The van der Waals surface area contributed by atoms with Crippen molar-refractivity contribution in [2.24, 2.45) is 4.99 Å². The molecule has 4 nitrogen and oxygen atoms in total. The van der Waals surface area contributed by atoms with Crippen LogP contribution < -0.4 is 5.32 Å². The average molecular weight is 275 g/mol. The summed E-state index contributed by atoms with van der Waals surface area (Å²) in [6.45, 7) is 4.39. The van der Waals surface area contributed by atoms with E-state index in [1.54, 1.807) is 6.21 Å². The van der Waals surface area contributed by atoms with Gasteiger partial charge >= 0.3 is 0 Å². The van der Waals surface area contributed by atoms with Crippen molar-refractivity contribution in [1.82, 2.24) is 9.97 Å². The molecule has 0 aliphatic rings. The van der Waals surface area contributed by atoms with Gasteiger partial charge in [-0.3, -0.25) is 4.99 Å². The van der Waals surface area contributed by atoms with Gasteiger partial charge in [0, 0.05) is 12.8 Å². The lowest BCUT2D eigenvalue weighted by atomic mass is 10.2. The van der Waals surface area contributed by atoms with Crippen LogP contribution in [0.25, 0.3) is 0 Å². The number of benzene rings is 1. The minimum atomic E-state index is 0.225. The van der Waals surface area contributed by atoms with E-state index in [0.717, 1.165) is 11.4 Å². The Morgan fingerprint density at radius 3 is 2.68 bits per heavy atom. The van der Waals surface area contributed by atoms with Gasteiger partial charge in [-0.1, -0.05) is 30.3 Å². The molecule has 5 heteroatoms. The predicted octanol–water partition coefficient (Wildman–Crippen LogP) is 3.77. The van der Waals surface area contributed by atoms with E-state index in [-0.39, 0.29) is 5.28 Å². The van der Waals surface area contributed by atoms with Crippen LogP contribution in [-0.2, 0) is 6.54 Å². The van der Waals surface area contributed by atoms with E-state index in [1.165, 1.54) is 5.56 Å². The molecule has 0 aliphatic heterocycles. The molecule has 0 atom stereocenters. The molecule has 0 amide bonds. The van der Waals surface area contributed by atoms with Gasteiger partial charge in [0.2, 0.25) is 5.28 Å². The second-order valence-electron chi connectivity index (χ2n) is 4.00. The summed E-state index contributed by atoms with van der Waals surface area (Å²) < 4.78 is 0. The largest absolute Gasteiger partial charge is 0.364 e. The lowest BCUT2D eigenvalue weighted by Crippen LogP contribution is -2.03. The van der Waals surface area contributed by atoms with Gasteiger partial charge < -0.3 is 5.32 Å². The number of aliphatic imine (C=N–C) groups is 1. The summed E-state index contributed by atoms with van der Waals surface area (Å²) in [4.78, 5) is 12.6. The maximum atomic E-state index is 5.89. The zero-order valence-corrected chi connectivity index (χ0v) is 11.6. The summed E-state index contributed by atoms with van der Waals surface area (Å²) in [6, 6.07) is 10.1. The molecule has 1 aromatic heterocycles. The van der Waals surface area contributed by atoms with Crippen molar-refractivity contribution in [3.63, 3.8) is 0 Å². The number of anilines is 1. The van der Waals surface area contributed by atoms with Crippen LogP contribution in [0.5, 0.6) is 0 Å². The quantitative estimate of drug-likeness (QED) is 0.682. The number of nitrogens with one attached hydrogen (secondary N) is 1. The predicted molar refractivity (Wildman–Crippen MR) is 79.4 cm³/mol. The van der Waals surface area contributed by atoms with Gasteiger partial charge in [0.15, 0.2) is 5.82 Å². The summed E-state index contributed by atoms with van der Waals surface area (Å²) >= 11 is 5.89. The molecule has 0 fully saturated rings. The van der Waals surface area contributed by atoms with Crippen molar-refractivity contribution < 1.29 is 0 Å². The Morgan fingerprint density at radius 2 is 2.00 bits per heavy atom. The Balaban J connectivity index is 2.24. The van der Waals surface area contributed by atoms with Gasteiger partial charge in [0.05, 0.1) is 5.69 Å². The van der Waals surface area contributed by atoms with E-state index in [4.69, 9.17) is 11.6 Å². The van der Waals surface area contributed by atoms with Crippen molar-refractivity contribution in [3.8, 4) is 0 Å². The highest BCUT2D eigenvalue weighted by molar-refractivity contribution is 6.28. The van der Waals surface area contributed by atoms with E-state index in [0.29, 0.717) is 12.4 Å². The highest BCUT2D eigenvalue weighted by atomic mass is 35.5. The Labute approximate surface area is 117 Å².